The van der Waals surface area contributed by atoms with Crippen molar-refractivity contribution < 1.29 is 4.79 Å². The number of carbonyl (C=O) groups is 1. The molecule has 1 aromatic carbocycles. The third-order valence-electron chi connectivity index (χ3n) is 3.35. The van der Waals surface area contributed by atoms with Crippen LogP contribution in [0.5, 0.6) is 0 Å². The van der Waals surface area contributed by atoms with Gasteiger partial charge < -0.3 is 5.73 Å². The quantitative estimate of drug-likeness (QED) is 0.868. The maximum absolute atomic E-state index is 12.3. The van der Waals surface area contributed by atoms with Crippen LogP contribution >= 0.6 is 0 Å². The second kappa shape index (κ2) is 6.19. The molecule has 0 aliphatic carbocycles. The first-order chi connectivity index (χ1) is 9.58. The molecule has 2 rings (SSSR count). The molecular weight excluding hydrogens is 250 g/mol. The molecule has 0 radical (unpaired) electrons. The van der Waals surface area contributed by atoms with E-state index in [0.29, 0.717) is 12.2 Å². The second-order valence-electron chi connectivity index (χ2n) is 4.91. The van der Waals surface area contributed by atoms with Gasteiger partial charge >= 0.3 is 0 Å². The average Bonchev–Trinajstić information content (AvgIpc) is 2.48. The smallest absolute Gasteiger partial charge is 0.228 e. The largest absolute Gasteiger partial charge is 0.399 e. The van der Waals surface area contributed by atoms with E-state index in [4.69, 9.17) is 5.73 Å². The number of amides is 1. The minimum Gasteiger partial charge on any atom is -0.399 e. The number of hydrogen-bond donors (Lipinski definition) is 1. The SMILES string of the molecule is CC(CC(=O)N(C)c1ccccn1)c1ccc(N)cc1. The molecule has 1 atom stereocenters. The van der Waals surface area contributed by atoms with E-state index < -0.39 is 0 Å². The Hall–Kier alpha value is -2.36. The van der Waals surface area contributed by atoms with Crippen LogP contribution in [-0.2, 0) is 4.79 Å². The van der Waals surface area contributed by atoms with Crippen LogP contribution < -0.4 is 10.6 Å². The van der Waals surface area contributed by atoms with Gasteiger partial charge in [0.1, 0.15) is 5.82 Å². The van der Waals surface area contributed by atoms with Crippen molar-refractivity contribution in [1.29, 1.82) is 0 Å². The fraction of sp³-hybridized carbons (Fsp3) is 0.250. The van der Waals surface area contributed by atoms with Crippen LogP contribution in [0.3, 0.4) is 0 Å². The Balaban J connectivity index is 2.02. The molecule has 2 N–H and O–H groups in total. The lowest BCUT2D eigenvalue weighted by molar-refractivity contribution is -0.118. The Labute approximate surface area is 119 Å². The number of anilines is 2. The standard InChI is InChI=1S/C16H19N3O/c1-12(13-6-8-14(17)9-7-13)11-16(20)19(2)15-5-3-4-10-18-15/h3-10,12H,11,17H2,1-2H3. The highest BCUT2D eigenvalue weighted by Gasteiger charge is 2.16. The summed E-state index contributed by atoms with van der Waals surface area (Å²) in [6.45, 7) is 2.04. The molecule has 4 heteroatoms. The van der Waals surface area contributed by atoms with Crippen LogP contribution in [0.2, 0.25) is 0 Å². The van der Waals surface area contributed by atoms with Crippen molar-refractivity contribution in [2.75, 3.05) is 17.7 Å². The molecule has 0 fully saturated rings. The summed E-state index contributed by atoms with van der Waals surface area (Å²) in [6.07, 6.45) is 2.12. The highest BCUT2D eigenvalue weighted by Crippen LogP contribution is 2.22. The van der Waals surface area contributed by atoms with Crippen LogP contribution in [0.25, 0.3) is 0 Å². The Morgan fingerprint density at radius 3 is 2.55 bits per heavy atom. The van der Waals surface area contributed by atoms with Gasteiger partial charge in [-0.05, 0) is 35.7 Å². The first kappa shape index (κ1) is 14.1. The Morgan fingerprint density at radius 1 is 1.25 bits per heavy atom. The number of pyridine rings is 1. The maximum atomic E-state index is 12.3. The lowest BCUT2D eigenvalue weighted by Gasteiger charge is -2.19. The van der Waals surface area contributed by atoms with E-state index in [-0.39, 0.29) is 11.8 Å². The first-order valence-electron chi connectivity index (χ1n) is 6.61. The van der Waals surface area contributed by atoms with Gasteiger partial charge in [-0.2, -0.15) is 0 Å². The highest BCUT2D eigenvalue weighted by molar-refractivity contribution is 5.92. The number of carbonyl (C=O) groups excluding carboxylic acids is 1. The van der Waals surface area contributed by atoms with Gasteiger partial charge in [0.15, 0.2) is 0 Å². The maximum Gasteiger partial charge on any atom is 0.228 e. The molecule has 1 aromatic heterocycles. The van der Waals surface area contributed by atoms with Gasteiger partial charge in [0.2, 0.25) is 5.91 Å². The van der Waals surface area contributed by atoms with Crippen LogP contribution in [0.15, 0.2) is 48.7 Å². The minimum absolute atomic E-state index is 0.0491. The zero-order valence-electron chi connectivity index (χ0n) is 11.8. The lowest BCUT2D eigenvalue weighted by atomic mass is 9.97. The number of hydrogen-bond acceptors (Lipinski definition) is 3. The molecule has 0 spiro atoms. The molecule has 2 aromatic rings. The van der Waals surface area contributed by atoms with Crippen LogP contribution in [0.4, 0.5) is 11.5 Å². The number of nitrogens with two attached hydrogens (primary N) is 1. The first-order valence-corrected chi connectivity index (χ1v) is 6.61. The Kier molecular flexibility index (Phi) is 4.35. The van der Waals surface area contributed by atoms with Crippen molar-refractivity contribution in [2.24, 2.45) is 0 Å². The van der Waals surface area contributed by atoms with Crippen molar-refractivity contribution in [3.8, 4) is 0 Å². The predicted molar refractivity (Wildman–Crippen MR) is 81.5 cm³/mol. The molecule has 0 bridgehead atoms. The summed E-state index contributed by atoms with van der Waals surface area (Å²) >= 11 is 0. The van der Waals surface area contributed by atoms with E-state index in [1.807, 2.05) is 49.4 Å². The predicted octanol–water partition coefficient (Wildman–Crippen LogP) is 2.82. The van der Waals surface area contributed by atoms with Crippen LogP contribution in [-0.4, -0.2) is 17.9 Å². The third-order valence-corrected chi connectivity index (χ3v) is 3.35. The molecule has 20 heavy (non-hydrogen) atoms. The monoisotopic (exact) mass is 269 g/mol. The summed E-state index contributed by atoms with van der Waals surface area (Å²) in [4.78, 5) is 18.0. The number of aromatic nitrogens is 1. The van der Waals surface area contributed by atoms with Gasteiger partial charge in [-0.1, -0.05) is 25.1 Å². The number of nitrogens with zero attached hydrogens (tertiary/aromatic N) is 2. The molecule has 0 aliphatic heterocycles. The van der Waals surface area contributed by atoms with E-state index in [1.165, 1.54) is 0 Å². The van der Waals surface area contributed by atoms with E-state index in [9.17, 15) is 4.79 Å². The Morgan fingerprint density at radius 2 is 1.95 bits per heavy atom. The van der Waals surface area contributed by atoms with Crippen molar-refractivity contribution in [3.05, 3.63) is 54.2 Å². The van der Waals surface area contributed by atoms with Crippen molar-refractivity contribution in [2.45, 2.75) is 19.3 Å². The fourth-order valence-corrected chi connectivity index (χ4v) is 2.02. The number of nitrogen functional groups attached to an aromatic ring is 1. The number of benzene rings is 1. The van der Waals surface area contributed by atoms with Gasteiger partial charge in [0.05, 0.1) is 0 Å². The Bertz CT molecular complexity index is 566. The van der Waals surface area contributed by atoms with E-state index in [2.05, 4.69) is 4.98 Å². The van der Waals surface area contributed by atoms with Crippen molar-refractivity contribution in [3.63, 3.8) is 0 Å². The minimum atomic E-state index is 0.0491. The fourth-order valence-electron chi connectivity index (χ4n) is 2.02. The van der Waals surface area contributed by atoms with Gasteiger partial charge in [0, 0.05) is 25.4 Å². The average molecular weight is 269 g/mol. The third kappa shape index (κ3) is 3.35. The summed E-state index contributed by atoms with van der Waals surface area (Å²) in [5, 5.41) is 0. The molecule has 1 unspecified atom stereocenters. The van der Waals surface area contributed by atoms with Gasteiger partial charge in [-0.3, -0.25) is 9.69 Å². The topological polar surface area (TPSA) is 59.2 Å². The van der Waals surface area contributed by atoms with Crippen molar-refractivity contribution >= 4 is 17.4 Å². The zero-order valence-corrected chi connectivity index (χ0v) is 11.8. The summed E-state index contributed by atoms with van der Waals surface area (Å²) in [6, 6.07) is 13.2. The van der Waals surface area contributed by atoms with E-state index in [0.717, 1.165) is 11.3 Å². The zero-order chi connectivity index (χ0) is 14.5. The molecule has 1 amide bonds. The van der Waals surface area contributed by atoms with Crippen LogP contribution in [0, 0.1) is 0 Å². The molecule has 1 heterocycles. The summed E-state index contributed by atoms with van der Waals surface area (Å²) in [7, 11) is 1.75. The second-order valence-corrected chi connectivity index (χ2v) is 4.91. The highest BCUT2D eigenvalue weighted by atomic mass is 16.2. The van der Waals surface area contributed by atoms with E-state index >= 15 is 0 Å². The molecule has 104 valence electrons. The van der Waals surface area contributed by atoms with Crippen LogP contribution in [0.1, 0.15) is 24.8 Å². The molecule has 0 saturated carbocycles. The summed E-state index contributed by atoms with van der Waals surface area (Å²) < 4.78 is 0. The number of rotatable bonds is 4. The van der Waals surface area contributed by atoms with Gasteiger partial charge in [-0.25, -0.2) is 4.98 Å². The lowest BCUT2D eigenvalue weighted by Crippen LogP contribution is -2.28. The van der Waals surface area contributed by atoms with Crippen molar-refractivity contribution in [1.82, 2.24) is 4.98 Å². The normalized spacial score (nSPS) is 11.9. The van der Waals surface area contributed by atoms with Gasteiger partial charge in [0.25, 0.3) is 0 Å². The molecule has 0 aliphatic rings. The van der Waals surface area contributed by atoms with Gasteiger partial charge in [-0.15, -0.1) is 0 Å². The molecular formula is C16H19N3O. The molecule has 4 nitrogen and oxygen atoms in total. The summed E-state index contributed by atoms with van der Waals surface area (Å²) in [5.41, 5.74) is 7.52. The summed E-state index contributed by atoms with van der Waals surface area (Å²) in [5.74, 6) is 0.865. The molecule has 0 saturated heterocycles. The van der Waals surface area contributed by atoms with E-state index in [1.54, 1.807) is 18.1 Å².